The van der Waals surface area contributed by atoms with Crippen LogP contribution in [0.25, 0.3) is 11.0 Å². The fourth-order valence-electron chi connectivity index (χ4n) is 2.12. The van der Waals surface area contributed by atoms with E-state index in [9.17, 15) is 0 Å². The van der Waals surface area contributed by atoms with Crippen LogP contribution in [0.15, 0.2) is 52.9 Å². The highest BCUT2D eigenvalue weighted by atomic mass is 16.3. The van der Waals surface area contributed by atoms with Crippen LogP contribution < -0.4 is 5.32 Å². The number of pyridine rings is 1. The number of nitrogens with one attached hydrogen (secondary N) is 1. The third kappa shape index (κ3) is 2.76. The SMILES string of the molecule is Cc1cccc(NCCc2cc3ccccc3o2)n1. The molecule has 0 aliphatic heterocycles. The van der Waals surface area contributed by atoms with Crippen molar-refractivity contribution in [1.82, 2.24) is 4.98 Å². The molecule has 96 valence electrons. The Balaban J connectivity index is 1.63. The average molecular weight is 252 g/mol. The standard InChI is InChI=1S/C16H16N2O/c1-12-5-4-8-16(18-12)17-10-9-14-11-13-6-2-3-7-15(13)19-14/h2-8,11H,9-10H2,1H3,(H,17,18). The summed E-state index contributed by atoms with van der Waals surface area (Å²) in [7, 11) is 0. The number of rotatable bonds is 4. The van der Waals surface area contributed by atoms with Gasteiger partial charge in [0.1, 0.15) is 17.2 Å². The predicted molar refractivity (Wildman–Crippen MR) is 77.4 cm³/mol. The minimum Gasteiger partial charge on any atom is -0.461 e. The maximum Gasteiger partial charge on any atom is 0.134 e. The third-order valence-electron chi connectivity index (χ3n) is 3.04. The summed E-state index contributed by atoms with van der Waals surface area (Å²) >= 11 is 0. The van der Waals surface area contributed by atoms with Gasteiger partial charge in [0.05, 0.1) is 0 Å². The van der Waals surface area contributed by atoms with E-state index in [-0.39, 0.29) is 0 Å². The monoisotopic (exact) mass is 252 g/mol. The molecule has 3 aromatic rings. The average Bonchev–Trinajstić information content (AvgIpc) is 2.81. The second-order valence-corrected chi connectivity index (χ2v) is 4.59. The number of furan rings is 1. The van der Waals surface area contributed by atoms with Gasteiger partial charge in [-0.1, -0.05) is 24.3 Å². The van der Waals surface area contributed by atoms with Crippen LogP contribution in [0.4, 0.5) is 5.82 Å². The first-order valence-electron chi connectivity index (χ1n) is 6.46. The summed E-state index contributed by atoms with van der Waals surface area (Å²) in [5, 5.41) is 4.47. The molecule has 0 bridgehead atoms. The van der Waals surface area contributed by atoms with Gasteiger partial charge in [0.25, 0.3) is 0 Å². The number of fused-ring (bicyclic) bond motifs is 1. The number of aromatic nitrogens is 1. The van der Waals surface area contributed by atoms with E-state index in [1.54, 1.807) is 0 Å². The summed E-state index contributed by atoms with van der Waals surface area (Å²) in [6, 6.07) is 16.1. The van der Waals surface area contributed by atoms with Gasteiger partial charge in [0, 0.05) is 24.0 Å². The molecule has 0 fully saturated rings. The van der Waals surface area contributed by atoms with Crippen molar-refractivity contribution in [1.29, 1.82) is 0 Å². The van der Waals surface area contributed by atoms with E-state index in [0.717, 1.165) is 41.2 Å². The summed E-state index contributed by atoms with van der Waals surface area (Å²) in [6.07, 6.45) is 0.851. The fraction of sp³-hybridized carbons (Fsp3) is 0.188. The van der Waals surface area contributed by atoms with Gasteiger partial charge in [-0.05, 0) is 31.2 Å². The lowest BCUT2D eigenvalue weighted by molar-refractivity contribution is 0.553. The molecule has 0 amide bonds. The molecule has 1 N–H and O–H groups in total. The van der Waals surface area contributed by atoms with Crippen LogP contribution in [0.5, 0.6) is 0 Å². The zero-order valence-electron chi connectivity index (χ0n) is 10.9. The molecular weight excluding hydrogens is 236 g/mol. The maximum atomic E-state index is 5.77. The summed E-state index contributed by atoms with van der Waals surface area (Å²) in [6.45, 7) is 2.81. The van der Waals surface area contributed by atoms with E-state index in [0.29, 0.717) is 0 Å². The molecule has 2 heterocycles. The first-order valence-corrected chi connectivity index (χ1v) is 6.46. The molecule has 3 heteroatoms. The molecule has 0 saturated heterocycles. The molecular formula is C16H16N2O. The van der Waals surface area contributed by atoms with E-state index in [1.165, 1.54) is 0 Å². The molecule has 0 spiro atoms. The van der Waals surface area contributed by atoms with Gasteiger partial charge in [-0.25, -0.2) is 4.98 Å². The first-order chi connectivity index (χ1) is 9.31. The molecule has 3 rings (SSSR count). The summed E-state index contributed by atoms with van der Waals surface area (Å²) < 4.78 is 5.77. The number of hydrogen-bond donors (Lipinski definition) is 1. The van der Waals surface area contributed by atoms with Crippen LogP contribution in [0.1, 0.15) is 11.5 Å². The molecule has 0 aliphatic rings. The van der Waals surface area contributed by atoms with Crippen LogP contribution in [0.2, 0.25) is 0 Å². The molecule has 2 aromatic heterocycles. The Labute approximate surface area is 112 Å². The van der Waals surface area contributed by atoms with E-state index >= 15 is 0 Å². The highest BCUT2D eigenvalue weighted by Crippen LogP contribution is 2.19. The summed E-state index contributed by atoms with van der Waals surface area (Å²) in [5.74, 6) is 1.91. The third-order valence-corrected chi connectivity index (χ3v) is 3.04. The van der Waals surface area contributed by atoms with E-state index in [4.69, 9.17) is 4.42 Å². The molecule has 19 heavy (non-hydrogen) atoms. The van der Waals surface area contributed by atoms with Crippen molar-refractivity contribution in [3.8, 4) is 0 Å². The lowest BCUT2D eigenvalue weighted by Crippen LogP contribution is -2.05. The lowest BCUT2D eigenvalue weighted by Gasteiger charge is -2.04. The topological polar surface area (TPSA) is 38.1 Å². The Morgan fingerprint density at radius 1 is 1.11 bits per heavy atom. The van der Waals surface area contributed by atoms with E-state index in [1.807, 2.05) is 43.3 Å². The van der Waals surface area contributed by atoms with Crippen molar-refractivity contribution < 1.29 is 4.42 Å². The molecule has 3 nitrogen and oxygen atoms in total. The van der Waals surface area contributed by atoms with Gasteiger partial charge >= 0.3 is 0 Å². The van der Waals surface area contributed by atoms with Crippen molar-refractivity contribution in [3.05, 3.63) is 60.0 Å². The largest absolute Gasteiger partial charge is 0.461 e. The Kier molecular flexibility index (Phi) is 3.19. The second-order valence-electron chi connectivity index (χ2n) is 4.59. The van der Waals surface area contributed by atoms with Crippen LogP contribution in [-0.2, 0) is 6.42 Å². The van der Waals surface area contributed by atoms with E-state index in [2.05, 4.69) is 22.4 Å². The fourth-order valence-corrected chi connectivity index (χ4v) is 2.12. The molecule has 0 unspecified atom stereocenters. The van der Waals surface area contributed by atoms with Crippen molar-refractivity contribution in [2.45, 2.75) is 13.3 Å². The quantitative estimate of drug-likeness (QED) is 0.767. The maximum absolute atomic E-state index is 5.77. The van der Waals surface area contributed by atoms with Gasteiger partial charge < -0.3 is 9.73 Å². The van der Waals surface area contributed by atoms with Crippen LogP contribution in [-0.4, -0.2) is 11.5 Å². The van der Waals surface area contributed by atoms with Crippen molar-refractivity contribution >= 4 is 16.8 Å². The molecule has 1 aromatic carbocycles. The lowest BCUT2D eigenvalue weighted by atomic mass is 10.2. The normalized spacial score (nSPS) is 10.8. The highest BCUT2D eigenvalue weighted by molar-refractivity contribution is 5.77. The Morgan fingerprint density at radius 2 is 2.00 bits per heavy atom. The molecule has 0 aliphatic carbocycles. The van der Waals surface area contributed by atoms with E-state index < -0.39 is 0 Å². The van der Waals surface area contributed by atoms with Gasteiger partial charge in [0.15, 0.2) is 0 Å². The zero-order chi connectivity index (χ0) is 13.1. The Bertz CT molecular complexity index is 655. The minimum absolute atomic E-state index is 0.816. The number of benzene rings is 1. The highest BCUT2D eigenvalue weighted by Gasteiger charge is 2.02. The first kappa shape index (κ1) is 11.8. The second kappa shape index (κ2) is 5.14. The van der Waals surface area contributed by atoms with Crippen LogP contribution in [0, 0.1) is 6.92 Å². The Hall–Kier alpha value is -2.29. The van der Waals surface area contributed by atoms with Crippen LogP contribution in [0.3, 0.4) is 0 Å². The number of hydrogen-bond acceptors (Lipinski definition) is 3. The van der Waals surface area contributed by atoms with Gasteiger partial charge in [0.2, 0.25) is 0 Å². The van der Waals surface area contributed by atoms with Crippen molar-refractivity contribution in [3.63, 3.8) is 0 Å². The smallest absolute Gasteiger partial charge is 0.134 e. The molecule has 0 atom stereocenters. The van der Waals surface area contributed by atoms with Gasteiger partial charge in [-0.3, -0.25) is 0 Å². The number of para-hydroxylation sites is 1. The Morgan fingerprint density at radius 3 is 2.84 bits per heavy atom. The number of anilines is 1. The summed E-state index contributed by atoms with van der Waals surface area (Å²) in [5.41, 5.74) is 1.97. The van der Waals surface area contributed by atoms with Gasteiger partial charge in [-0.15, -0.1) is 0 Å². The van der Waals surface area contributed by atoms with Gasteiger partial charge in [-0.2, -0.15) is 0 Å². The number of aryl methyl sites for hydroxylation is 1. The number of nitrogens with zero attached hydrogens (tertiary/aromatic N) is 1. The van der Waals surface area contributed by atoms with Crippen LogP contribution >= 0.6 is 0 Å². The summed E-state index contributed by atoms with van der Waals surface area (Å²) in [4.78, 5) is 4.41. The minimum atomic E-state index is 0.816. The van der Waals surface area contributed by atoms with Crippen molar-refractivity contribution in [2.75, 3.05) is 11.9 Å². The zero-order valence-corrected chi connectivity index (χ0v) is 10.9. The molecule has 0 radical (unpaired) electrons. The predicted octanol–water partition coefficient (Wildman–Crippen LogP) is 3.79. The van der Waals surface area contributed by atoms with Crippen molar-refractivity contribution in [2.24, 2.45) is 0 Å². The molecule has 0 saturated carbocycles.